The predicted molar refractivity (Wildman–Crippen MR) is 121 cm³/mol. The summed E-state index contributed by atoms with van der Waals surface area (Å²) in [5.74, 6) is 0.345. The smallest absolute Gasteiger partial charge is 0.228 e. The molecule has 0 aliphatic heterocycles. The number of rotatable bonds is 7. The molecule has 3 rings (SSSR count). The fourth-order valence-electron chi connectivity index (χ4n) is 2.86. The van der Waals surface area contributed by atoms with Gasteiger partial charge in [-0.1, -0.05) is 57.2 Å². The van der Waals surface area contributed by atoms with Crippen molar-refractivity contribution in [2.45, 2.75) is 46.5 Å². The lowest BCUT2D eigenvalue weighted by Crippen LogP contribution is -2.17. The van der Waals surface area contributed by atoms with Gasteiger partial charge in [0.15, 0.2) is 5.13 Å². The van der Waals surface area contributed by atoms with Crippen molar-refractivity contribution in [3.8, 4) is 0 Å². The normalized spacial score (nSPS) is 11.2. The highest BCUT2D eigenvalue weighted by Gasteiger charge is 2.11. The Bertz CT molecular complexity index is 1010. The summed E-state index contributed by atoms with van der Waals surface area (Å²) in [5, 5.41) is 6.41. The molecule has 1 aromatic heterocycles. The Morgan fingerprint density at radius 2 is 1.72 bits per heavy atom. The number of aryl methyl sites for hydroxylation is 1. The molecule has 0 aliphatic carbocycles. The summed E-state index contributed by atoms with van der Waals surface area (Å²) in [6.07, 6.45) is 1.06. The van der Waals surface area contributed by atoms with Crippen LogP contribution < -0.4 is 10.6 Å². The second kappa shape index (κ2) is 9.18. The molecule has 152 valence electrons. The van der Waals surface area contributed by atoms with Crippen LogP contribution >= 0.6 is 11.3 Å². The van der Waals surface area contributed by atoms with Crippen LogP contribution in [0, 0.1) is 5.92 Å². The van der Waals surface area contributed by atoms with Gasteiger partial charge in [0.25, 0.3) is 0 Å². The van der Waals surface area contributed by atoms with Crippen molar-refractivity contribution < 1.29 is 9.59 Å². The lowest BCUT2D eigenvalue weighted by atomic mass is 10.0. The summed E-state index contributed by atoms with van der Waals surface area (Å²) in [5.41, 5.74) is 4.01. The van der Waals surface area contributed by atoms with E-state index in [0.717, 1.165) is 21.5 Å². The summed E-state index contributed by atoms with van der Waals surface area (Å²) in [6, 6.07) is 14.0. The minimum absolute atomic E-state index is 0.00316. The van der Waals surface area contributed by atoms with E-state index in [0.29, 0.717) is 23.9 Å². The zero-order chi connectivity index (χ0) is 21.0. The van der Waals surface area contributed by atoms with E-state index < -0.39 is 0 Å². The quantitative estimate of drug-likeness (QED) is 0.535. The molecule has 0 bridgehead atoms. The molecular weight excluding hydrogens is 382 g/mol. The van der Waals surface area contributed by atoms with E-state index in [2.05, 4.69) is 29.5 Å². The van der Waals surface area contributed by atoms with Crippen LogP contribution in [-0.2, 0) is 16.0 Å². The SMILES string of the molecule is CC(C)C(=O)Nc1nc2ccc(CCC(=O)Nc3ccc(C(C)C)cc3)cc2s1. The number of nitrogens with one attached hydrogen (secondary N) is 2. The van der Waals surface area contributed by atoms with Gasteiger partial charge in [-0.25, -0.2) is 4.98 Å². The van der Waals surface area contributed by atoms with Gasteiger partial charge in [0, 0.05) is 18.0 Å². The van der Waals surface area contributed by atoms with Crippen molar-refractivity contribution in [3.63, 3.8) is 0 Å². The topological polar surface area (TPSA) is 71.1 Å². The molecule has 5 nitrogen and oxygen atoms in total. The van der Waals surface area contributed by atoms with Crippen LogP contribution in [0.4, 0.5) is 10.8 Å². The van der Waals surface area contributed by atoms with Crippen LogP contribution in [0.25, 0.3) is 10.2 Å². The maximum atomic E-state index is 12.3. The third-order valence-electron chi connectivity index (χ3n) is 4.71. The number of benzene rings is 2. The van der Waals surface area contributed by atoms with Crippen molar-refractivity contribution in [3.05, 3.63) is 53.6 Å². The molecule has 0 fully saturated rings. The van der Waals surface area contributed by atoms with Gasteiger partial charge < -0.3 is 10.6 Å². The molecule has 2 amide bonds. The molecule has 1 heterocycles. The zero-order valence-electron chi connectivity index (χ0n) is 17.3. The highest BCUT2D eigenvalue weighted by Crippen LogP contribution is 2.27. The molecule has 2 N–H and O–H groups in total. The fourth-order valence-corrected chi connectivity index (χ4v) is 3.79. The number of anilines is 2. The Hall–Kier alpha value is -2.73. The zero-order valence-corrected chi connectivity index (χ0v) is 18.1. The van der Waals surface area contributed by atoms with Gasteiger partial charge in [-0.05, 0) is 47.7 Å². The van der Waals surface area contributed by atoms with Gasteiger partial charge >= 0.3 is 0 Å². The number of thiazole rings is 1. The molecule has 29 heavy (non-hydrogen) atoms. The third kappa shape index (κ3) is 5.64. The summed E-state index contributed by atoms with van der Waals surface area (Å²) in [4.78, 5) is 28.6. The molecule has 6 heteroatoms. The predicted octanol–water partition coefficient (Wildman–Crippen LogP) is 5.59. The van der Waals surface area contributed by atoms with Crippen LogP contribution in [0.3, 0.4) is 0 Å². The van der Waals surface area contributed by atoms with Gasteiger partial charge in [0.05, 0.1) is 10.2 Å². The van der Waals surface area contributed by atoms with Crippen molar-refractivity contribution in [2.75, 3.05) is 10.6 Å². The van der Waals surface area contributed by atoms with Crippen LogP contribution in [-0.4, -0.2) is 16.8 Å². The molecule has 2 aromatic carbocycles. The molecule has 0 saturated carbocycles. The number of hydrogen-bond acceptors (Lipinski definition) is 4. The van der Waals surface area contributed by atoms with E-state index in [1.165, 1.54) is 16.9 Å². The van der Waals surface area contributed by atoms with Gasteiger partial charge in [-0.3, -0.25) is 9.59 Å². The maximum absolute atomic E-state index is 12.3. The minimum atomic E-state index is -0.0855. The average molecular weight is 410 g/mol. The van der Waals surface area contributed by atoms with E-state index in [1.807, 2.05) is 56.3 Å². The number of nitrogens with zero attached hydrogens (tertiary/aromatic N) is 1. The van der Waals surface area contributed by atoms with Crippen LogP contribution in [0.5, 0.6) is 0 Å². The Morgan fingerprint density at radius 3 is 2.38 bits per heavy atom. The first-order chi connectivity index (χ1) is 13.8. The van der Waals surface area contributed by atoms with Gasteiger partial charge in [-0.2, -0.15) is 0 Å². The second-order valence-corrected chi connectivity index (χ2v) is 8.82. The first kappa shape index (κ1) is 21.0. The molecule has 0 saturated heterocycles. The van der Waals surface area contributed by atoms with Crippen molar-refractivity contribution >= 4 is 44.2 Å². The number of carbonyl (C=O) groups excluding carboxylic acids is 2. The fraction of sp³-hybridized carbons (Fsp3) is 0.348. The van der Waals surface area contributed by atoms with E-state index in [-0.39, 0.29) is 17.7 Å². The highest BCUT2D eigenvalue weighted by molar-refractivity contribution is 7.22. The summed E-state index contributed by atoms with van der Waals surface area (Å²) < 4.78 is 1.01. The van der Waals surface area contributed by atoms with Gasteiger partial charge in [-0.15, -0.1) is 0 Å². The molecular formula is C23H27N3O2S. The first-order valence-electron chi connectivity index (χ1n) is 9.92. The summed E-state index contributed by atoms with van der Waals surface area (Å²) >= 11 is 1.45. The molecule has 0 aliphatic rings. The monoisotopic (exact) mass is 409 g/mol. The molecule has 0 atom stereocenters. The molecule has 3 aromatic rings. The maximum Gasteiger partial charge on any atom is 0.228 e. The lowest BCUT2D eigenvalue weighted by Gasteiger charge is -2.08. The van der Waals surface area contributed by atoms with Crippen LogP contribution in [0.1, 0.15) is 51.2 Å². The molecule has 0 unspecified atom stereocenters. The van der Waals surface area contributed by atoms with E-state index in [1.54, 1.807) is 0 Å². The Kier molecular flexibility index (Phi) is 6.64. The standard InChI is InChI=1S/C23H27N3O2S/c1-14(2)17-7-9-18(10-8-17)24-21(27)12-6-16-5-11-19-20(13-16)29-23(25-19)26-22(28)15(3)4/h5,7-11,13-15H,6,12H2,1-4H3,(H,24,27)(H,25,26,28). The van der Waals surface area contributed by atoms with E-state index in [9.17, 15) is 9.59 Å². The number of carbonyl (C=O) groups is 2. The summed E-state index contributed by atoms with van der Waals surface area (Å²) in [7, 11) is 0. The van der Waals surface area contributed by atoms with Crippen molar-refractivity contribution in [2.24, 2.45) is 5.92 Å². The Balaban J connectivity index is 1.58. The van der Waals surface area contributed by atoms with Gasteiger partial charge in [0.2, 0.25) is 11.8 Å². The summed E-state index contributed by atoms with van der Waals surface area (Å²) in [6.45, 7) is 8.00. The Labute approximate surface area is 175 Å². The minimum Gasteiger partial charge on any atom is -0.326 e. The first-order valence-corrected chi connectivity index (χ1v) is 10.7. The lowest BCUT2D eigenvalue weighted by molar-refractivity contribution is -0.119. The van der Waals surface area contributed by atoms with Crippen LogP contribution in [0.2, 0.25) is 0 Å². The Morgan fingerprint density at radius 1 is 1.00 bits per heavy atom. The van der Waals surface area contributed by atoms with Gasteiger partial charge in [0.1, 0.15) is 0 Å². The second-order valence-electron chi connectivity index (χ2n) is 7.79. The van der Waals surface area contributed by atoms with E-state index in [4.69, 9.17) is 0 Å². The number of amides is 2. The third-order valence-corrected chi connectivity index (χ3v) is 5.64. The molecule has 0 spiro atoms. The number of hydrogen-bond donors (Lipinski definition) is 2. The van der Waals surface area contributed by atoms with Crippen molar-refractivity contribution in [1.29, 1.82) is 0 Å². The largest absolute Gasteiger partial charge is 0.326 e. The number of fused-ring (bicyclic) bond motifs is 1. The molecule has 0 radical (unpaired) electrons. The van der Waals surface area contributed by atoms with Crippen LogP contribution in [0.15, 0.2) is 42.5 Å². The van der Waals surface area contributed by atoms with Crippen molar-refractivity contribution in [1.82, 2.24) is 4.98 Å². The average Bonchev–Trinajstić information content (AvgIpc) is 3.08. The van der Waals surface area contributed by atoms with E-state index >= 15 is 0 Å². The number of aromatic nitrogens is 1. The highest BCUT2D eigenvalue weighted by atomic mass is 32.1.